The van der Waals surface area contributed by atoms with E-state index in [-0.39, 0.29) is 0 Å². The first-order valence-electron chi connectivity index (χ1n) is 6.64. The van der Waals surface area contributed by atoms with E-state index < -0.39 is 0 Å². The Hall–Kier alpha value is -0.860. The third-order valence-corrected chi connectivity index (χ3v) is 4.10. The Morgan fingerprint density at radius 1 is 1.35 bits per heavy atom. The number of hydrogen-bond acceptors (Lipinski definition) is 2. The van der Waals surface area contributed by atoms with E-state index in [1.165, 1.54) is 17.5 Å². The molecule has 3 atom stereocenters. The molecule has 0 aliphatic carbocycles. The average Bonchev–Trinajstić information content (AvgIpc) is 2.71. The number of hydrogen-bond donors (Lipinski definition) is 1. The van der Waals surface area contributed by atoms with Crippen LogP contribution in [0.25, 0.3) is 0 Å². The minimum absolute atomic E-state index is 0.502. The van der Waals surface area contributed by atoms with Gasteiger partial charge in [0.1, 0.15) is 0 Å². The maximum atomic E-state index is 5.79. The van der Waals surface area contributed by atoms with E-state index in [4.69, 9.17) is 5.73 Å². The van der Waals surface area contributed by atoms with Crippen molar-refractivity contribution in [3.63, 3.8) is 0 Å². The number of rotatable bonds is 3. The second kappa shape index (κ2) is 5.19. The van der Waals surface area contributed by atoms with E-state index in [9.17, 15) is 0 Å². The van der Waals surface area contributed by atoms with Crippen LogP contribution in [0.3, 0.4) is 0 Å². The predicted molar refractivity (Wildman–Crippen MR) is 72.9 cm³/mol. The van der Waals surface area contributed by atoms with Gasteiger partial charge in [-0.15, -0.1) is 0 Å². The van der Waals surface area contributed by atoms with Crippen molar-refractivity contribution in [2.75, 3.05) is 13.1 Å². The van der Waals surface area contributed by atoms with E-state index in [1.54, 1.807) is 0 Å². The molecular formula is C15H24N2. The van der Waals surface area contributed by atoms with Gasteiger partial charge in [0.2, 0.25) is 0 Å². The highest BCUT2D eigenvalue weighted by atomic mass is 15.2. The van der Waals surface area contributed by atoms with Crippen molar-refractivity contribution in [3.05, 3.63) is 35.4 Å². The topological polar surface area (TPSA) is 29.3 Å². The van der Waals surface area contributed by atoms with Gasteiger partial charge in [0.15, 0.2) is 0 Å². The van der Waals surface area contributed by atoms with Crippen LogP contribution < -0.4 is 5.73 Å². The second-order valence-electron chi connectivity index (χ2n) is 5.47. The molecular weight excluding hydrogens is 208 g/mol. The molecule has 1 aliphatic rings. The fourth-order valence-electron chi connectivity index (χ4n) is 2.92. The lowest BCUT2D eigenvalue weighted by atomic mass is 10.0. The van der Waals surface area contributed by atoms with Crippen molar-refractivity contribution in [2.45, 2.75) is 39.3 Å². The summed E-state index contributed by atoms with van der Waals surface area (Å²) in [6.45, 7) is 8.73. The fourth-order valence-corrected chi connectivity index (χ4v) is 2.92. The van der Waals surface area contributed by atoms with Gasteiger partial charge in [0.25, 0.3) is 0 Å². The third kappa shape index (κ3) is 2.70. The number of nitrogens with two attached hydrogens (primary N) is 1. The lowest BCUT2D eigenvalue weighted by molar-refractivity contribution is 0.200. The van der Waals surface area contributed by atoms with Crippen LogP contribution in [0, 0.1) is 12.8 Å². The molecule has 0 radical (unpaired) electrons. The predicted octanol–water partition coefficient (Wildman–Crippen LogP) is 2.73. The summed E-state index contributed by atoms with van der Waals surface area (Å²) in [6.07, 6.45) is 1.24. The highest BCUT2D eigenvalue weighted by molar-refractivity contribution is 5.24. The minimum Gasteiger partial charge on any atom is -0.330 e. The first kappa shape index (κ1) is 12.6. The highest BCUT2D eigenvalue weighted by Gasteiger charge is 2.31. The largest absolute Gasteiger partial charge is 0.330 e. The lowest BCUT2D eigenvalue weighted by Gasteiger charge is -2.29. The summed E-state index contributed by atoms with van der Waals surface area (Å²) in [7, 11) is 0. The molecule has 1 saturated heterocycles. The van der Waals surface area contributed by atoms with E-state index in [2.05, 4.69) is 49.9 Å². The van der Waals surface area contributed by atoms with Crippen LogP contribution in [-0.2, 0) is 0 Å². The molecule has 0 amide bonds. The summed E-state index contributed by atoms with van der Waals surface area (Å²) in [5.41, 5.74) is 8.54. The number of likely N-dealkylation sites (tertiary alicyclic amines) is 1. The highest BCUT2D eigenvalue weighted by Crippen LogP contribution is 2.31. The minimum atomic E-state index is 0.502. The zero-order valence-corrected chi connectivity index (χ0v) is 11.2. The normalized spacial score (nSPS) is 27.3. The van der Waals surface area contributed by atoms with Gasteiger partial charge in [-0.2, -0.15) is 0 Å². The summed E-state index contributed by atoms with van der Waals surface area (Å²) in [5.74, 6) is 0.679. The molecule has 1 aromatic carbocycles. The van der Waals surface area contributed by atoms with Crippen molar-refractivity contribution in [1.82, 2.24) is 4.90 Å². The Morgan fingerprint density at radius 2 is 2.00 bits per heavy atom. The van der Waals surface area contributed by atoms with Gasteiger partial charge in [-0.25, -0.2) is 0 Å². The van der Waals surface area contributed by atoms with E-state index in [1.807, 2.05) is 0 Å². The van der Waals surface area contributed by atoms with Gasteiger partial charge in [-0.05, 0) is 45.2 Å². The zero-order chi connectivity index (χ0) is 12.4. The van der Waals surface area contributed by atoms with Crippen molar-refractivity contribution < 1.29 is 0 Å². The molecule has 3 unspecified atom stereocenters. The maximum Gasteiger partial charge on any atom is 0.0322 e. The molecule has 0 spiro atoms. The van der Waals surface area contributed by atoms with Crippen LogP contribution in [0.4, 0.5) is 0 Å². The van der Waals surface area contributed by atoms with Gasteiger partial charge in [0, 0.05) is 18.6 Å². The van der Waals surface area contributed by atoms with Gasteiger partial charge in [-0.1, -0.05) is 29.8 Å². The lowest BCUT2D eigenvalue weighted by Crippen LogP contribution is -2.30. The number of aryl methyl sites for hydroxylation is 1. The molecule has 2 heteroatoms. The van der Waals surface area contributed by atoms with Crippen LogP contribution >= 0.6 is 0 Å². The van der Waals surface area contributed by atoms with Gasteiger partial charge in [0.05, 0.1) is 0 Å². The summed E-state index contributed by atoms with van der Waals surface area (Å²) < 4.78 is 0. The van der Waals surface area contributed by atoms with Crippen LogP contribution in [0.2, 0.25) is 0 Å². The number of benzene rings is 1. The molecule has 0 bridgehead atoms. The average molecular weight is 232 g/mol. The number of nitrogens with zero attached hydrogens (tertiary/aromatic N) is 1. The molecule has 94 valence electrons. The van der Waals surface area contributed by atoms with Gasteiger partial charge >= 0.3 is 0 Å². The molecule has 1 heterocycles. The molecule has 1 aromatic rings. The molecule has 2 N–H and O–H groups in total. The Labute approximate surface area is 105 Å². The monoisotopic (exact) mass is 232 g/mol. The zero-order valence-electron chi connectivity index (χ0n) is 11.2. The Balaban J connectivity index is 2.09. The van der Waals surface area contributed by atoms with Crippen molar-refractivity contribution in [3.8, 4) is 0 Å². The smallest absolute Gasteiger partial charge is 0.0322 e. The summed E-state index contributed by atoms with van der Waals surface area (Å²) >= 11 is 0. The fraction of sp³-hybridized carbons (Fsp3) is 0.600. The van der Waals surface area contributed by atoms with Crippen molar-refractivity contribution in [2.24, 2.45) is 11.7 Å². The first-order valence-corrected chi connectivity index (χ1v) is 6.64. The van der Waals surface area contributed by atoms with Crippen LogP contribution in [0.1, 0.15) is 37.4 Å². The molecule has 17 heavy (non-hydrogen) atoms. The SMILES string of the molecule is Cc1ccc(C(C)N2CC(CN)CC2C)cc1. The van der Waals surface area contributed by atoms with Crippen LogP contribution in [0.5, 0.6) is 0 Å². The third-order valence-electron chi connectivity index (χ3n) is 4.10. The Bertz CT molecular complexity index is 358. The van der Waals surface area contributed by atoms with Crippen LogP contribution in [0.15, 0.2) is 24.3 Å². The van der Waals surface area contributed by atoms with Gasteiger partial charge in [-0.3, -0.25) is 4.90 Å². The van der Waals surface area contributed by atoms with E-state index in [0.717, 1.165) is 13.1 Å². The maximum absolute atomic E-state index is 5.79. The Morgan fingerprint density at radius 3 is 2.53 bits per heavy atom. The van der Waals surface area contributed by atoms with E-state index in [0.29, 0.717) is 18.0 Å². The molecule has 2 rings (SSSR count). The molecule has 0 saturated carbocycles. The van der Waals surface area contributed by atoms with E-state index >= 15 is 0 Å². The molecule has 2 nitrogen and oxygen atoms in total. The Kier molecular flexibility index (Phi) is 3.85. The summed E-state index contributed by atoms with van der Waals surface area (Å²) in [4.78, 5) is 2.59. The molecule has 1 aliphatic heterocycles. The first-order chi connectivity index (χ1) is 8.11. The summed E-state index contributed by atoms with van der Waals surface area (Å²) in [5, 5.41) is 0. The molecule has 0 aromatic heterocycles. The van der Waals surface area contributed by atoms with Crippen molar-refractivity contribution >= 4 is 0 Å². The van der Waals surface area contributed by atoms with Gasteiger partial charge < -0.3 is 5.73 Å². The summed E-state index contributed by atoms with van der Waals surface area (Å²) in [6, 6.07) is 10.1. The quantitative estimate of drug-likeness (QED) is 0.868. The molecule has 1 fully saturated rings. The van der Waals surface area contributed by atoms with Crippen molar-refractivity contribution in [1.29, 1.82) is 0 Å². The second-order valence-corrected chi connectivity index (χ2v) is 5.47. The van der Waals surface area contributed by atoms with Crippen LogP contribution in [-0.4, -0.2) is 24.0 Å². The standard InChI is InChI=1S/C15H24N2/c1-11-4-6-15(7-5-11)13(3)17-10-14(9-16)8-12(17)2/h4-7,12-14H,8-10,16H2,1-3H3.